The van der Waals surface area contributed by atoms with Crippen molar-refractivity contribution < 1.29 is 13.9 Å². The molecular formula is C18H16FN3O2. The maximum Gasteiger partial charge on any atom is 0.255 e. The summed E-state index contributed by atoms with van der Waals surface area (Å²) in [6.07, 6.45) is 3.25. The molecule has 1 aromatic heterocycles. The van der Waals surface area contributed by atoms with Gasteiger partial charge in [0.2, 0.25) is 0 Å². The number of amides is 1. The minimum Gasteiger partial charge on any atom is -0.497 e. The van der Waals surface area contributed by atoms with Crippen molar-refractivity contribution in [2.45, 2.75) is 6.54 Å². The van der Waals surface area contributed by atoms with Gasteiger partial charge in [0, 0.05) is 11.8 Å². The molecule has 5 nitrogen and oxygen atoms in total. The Hall–Kier alpha value is -3.15. The molecule has 0 saturated heterocycles. The number of carbonyl (C=O) groups excluding carboxylic acids is 1. The highest BCUT2D eigenvalue weighted by atomic mass is 19.1. The third-order valence-corrected chi connectivity index (χ3v) is 3.46. The van der Waals surface area contributed by atoms with Crippen LogP contribution in [0.4, 0.5) is 10.1 Å². The zero-order valence-electron chi connectivity index (χ0n) is 13.1. The minimum absolute atomic E-state index is 0.251. The molecule has 0 fully saturated rings. The van der Waals surface area contributed by atoms with Crippen molar-refractivity contribution in [2.24, 2.45) is 0 Å². The van der Waals surface area contributed by atoms with Crippen LogP contribution in [0.1, 0.15) is 15.9 Å². The predicted molar refractivity (Wildman–Crippen MR) is 88.7 cm³/mol. The zero-order chi connectivity index (χ0) is 16.9. The first kappa shape index (κ1) is 15.7. The summed E-state index contributed by atoms with van der Waals surface area (Å²) in [6, 6.07) is 13.2. The van der Waals surface area contributed by atoms with Crippen LogP contribution in [0, 0.1) is 5.82 Å². The van der Waals surface area contributed by atoms with Gasteiger partial charge in [-0.15, -0.1) is 0 Å². The van der Waals surface area contributed by atoms with Crippen molar-refractivity contribution in [2.75, 3.05) is 12.4 Å². The molecule has 0 aliphatic rings. The van der Waals surface area contributed by atoms with Gasteiger partial charge in [0.15, 0.2) is 0 Å². The van der Waals surface area contributed by atoms with Gasteiger partial charge in [-0.1, -0.05) is 18.2 Å². The summed E-state index contributed by atoms with van der Waals surface area (Å²) in [5.41, 5.74) is 1.86. The molecule has 2 aromatic carbocycles. The molecule has 1 heterocycles. The second kappa shape index (κ2) is 6.95. The van der Waals surface area contributed by atoms with Crippen LogP contribution in [-0.4, -0.2) is 22.8 Å². The molecule has 24 heavy (non-hydrogen) atoms. The summed E-state index contributed by atoms with van der Waals surface area (Å²) < 4.78 is 19.9. The summed E-state index contributed by atoms with van der Waals surface area (Å²) in [6.45, 7) is 0.423. The van der Waals surface area contributed by atoms with Gasteiger partial charge in [-0.2, -0.15) is 5.10 Å². The summed E-state index contributed by atoms with van der Waals surface area (Å²) in [5.74, 6) is 0.0786. The SMILES string of the molecule is COc1cccc(C(=O)Nc2cnn(Cc3cccc(F)c3)c2)c1. The highest BCUT2D eigenvalue weighted by Gasteiger charge is 2.09. The van der Waals surface area contributed by atoms with Gasteiger partial charge in [0.1, 0.15) is 11.6 Å². The predicted octanol–water partition coefficient (Wildman–Crippen LogP) is 3.33. The van der Waals surface area contributed by atoms with Crippen LogP contribution in [0.25, 0.3) is 0 Å². The largest absolute Gasteiger partial charge is 0.497 e. The van der Waals surface area contributed by atoms with E-state index in [1.807, 2.05) is 6.07 Å². The Balaban J connectivity index is 1.68. The first-order chi connectivity index (χ1) is 11.6. The maximum absolute atomic E-state index is 13.2. The molecular weight excluding hydrogens is 309 g/mol. The number of methoxy groups -OCH3 is 1. The van der Waals surface area contributed by atoms with Crippen LogP contribution in [0.5, 0.6) is 5.75 Å². The van der Waals surface area contributed by atoms with Crippen molar-refractivity contribution in [3.05, 3.63) is 77.9 Å². The molecule has 0 aliphatic carbocycles. The average molecular weight is 325 g/mol. The molecule has 1 N–H and O–H groups in total. The molecule has 1 amide bonds. The van der Waals surface area contributed by atoms with Crippen molar-refractivity contribution in [3.8, 4) is 5.75 Å². The van der Waals surface area contributed by atoms with Crippen molar-refractivity contribution in [1.29, 1.82) is 0 Å². The van der Waals surface area contributed by atoms with Gasteiger partial charge in [-0.3, -0.25) is 9.48 Å². The van der Waals surface area contributed by atoms with Crippen molar-refractivity contribution in [3.63, 3.8) is 0 Å². The Kier molecular flexibility index (Phi) is 4.56. The first-order valence-electron chi connectivity index (χ1n) is 7.36. The Morgan fingerprint density at radius 3 is 2.88 bits per heavy atom. The van der Waals surface area contributed by atoms with Crippen LogP contribution >= 0.6 is 0 Å². The summed E-state index contributed by atoms with van der Waals surface area (Å²) >= 11 is 0. The van der Waals surface area contributed by atoms with Crippen LogP contribution < -0.4 is 10.1 Å². The molecule has 0 unspecified atom stereocenters. The number of rotatable bonds is 5. The lowest BCUT2D eigenvalue weighted by molar-refractivity contribution is 0.102. The lowest BCUT2D eigenvalue weighted by Crippen LogP contribution is -2.11. The highest BCUT2D eigenvalue weighted by Crippen LogP contribution is 2.15. The van der Waals surface area contributed by atoms with Crippen LogP contribution in [0.2, 0.25) is 0 Å². The second-order valence-corrected chi connectivity index (χ2v) is 5.24. The molecule has 3 rings (SSSR count). The standard InChI is InChI=1S/C18H16FN3O2/c1-24-17-7-3-5-14(9-17)18(23)21-16-10-20-22(12-16)11-13-4-2-6-15(19)8-13/h2-10,12H,11H2,1H3,(H,21,23). The molecule has 0 aliphatic heterocycles. The van der Waals surface area contributed by atoms with Gasteiger partial charge in [-0.05, 0) is 35.9 Å². The van der Waals surface area contributed by atoms with Crippen LogP contribution in [-0.2, 0) is 6.54 Å². The normalized spacial score (nSPS) is 10.4. The number of hydrogen-bond acceptors (Lipinski definition) is 3. The Morgan fingerprint density at radius 1 is 1.25 bits per heavy atom. The van der Waals surface area contributed by atoms with Crippen LogP contribution in [0.3, 0.4) is 0 Å². The number of nitrogens with zero attached hydrogens (tertiary/aromatic N) is 2. The van der Waals surface area contributed by atoms with E-state index in [4.69, 9.17) is 4.74 Å². The Labute approximate surface area is 138 Å². The molecule has 0 atom stereocenters. The number of carbonyl (C=O) groups is 1. The number of benzene rings is 2. The molecule has 0 spiro atoms. The van der Waals surface area contributed by atoms with Gasteiger partial charge < -0.3 is 10.1 Å². The van der Waals surface area contributed by atoms with E-state index in [2.05, 4.69) is 10.4 Å². The number of ether oxygens (including phenoxy) is 1. The van der Waals surface area contributed by atoms with Gasteiger partial charge in [-0.25, -0.2) is 4.39 Å². The molecule has 6 heteroatoms. The van der Waals surface area contributed by atoms with Gasteiger partial charge in [0.25, 0.3) is 5.91 Å². The smallest absolute Gasteiger partial charge is 0.255 e. The van der Waals surface area contributed by atoms with E-state index < -0.39 is 0 Å². The average Bonchev–Trinajstić information content (AvgIpc) is 3.01. The second-order valence-electron chi connectivity index (χ2n) is 5.24. The number of aromatic nitrogens is 2. The monoisotopic (exact) mass is 325 g/mol. The molecule has 122 valence electrons. The first-order valence-corrected chi connectivity index (χ1v) is 7.36. The van der Waals surface area contributed by atoms with E-state index in [9.17, 15) is 9.18 Å². The summed E-state index contributed by atoms with van der Waals surface area (Å²) in [7, 11) is 1.55. The quantitative estimate of drug-likeness (QED) is 0.783. The highest BCUT2D eigenvalue weighted by molar-refractivity contribution is 6.04. The molecule has 3 aromatic rings. The van der Waals surface area contributed by atoms with Gasteiger partial charge in [0.05, 0.1) is 25.5 Å². The third-order valence-electron chi connectivity index (χ3n) is 3.46. The summed E-state index contributed by atoms with van der Waals surface area (Å²) in [4.78, 5) is 12.2. The fraction of sp³-hybridized carbons (Fsp3) is 0.111. The molecule has 0 bridgehead atoms. The minimum atomic E-state index is -0.286. The van der Waals surface area contributed by atoms with E-state index in [0.717, 1.165) is 5.56 Å². The van der Waals surface area contributed by atoms with E-state index in [1.165, 1.54) is 12.1 Å². The lowest BCUT2D eigenvalue weighted by atomic mass is 10.2. The number of anilines is 1. The van der Waals surface area contributed by atoms with Crippen molar-refractivity contribution >= 4 is 11.6 Å². The Bertz CT molecular complexity index is 861. The number of hydrogen-bond donors (Lipinski definition) is 1. The zero-order valence-corrected chi connectivity index (χ0v) is 13.1. The fourth-order valence-electron chi connectivity index (χ4n) is 2.30. The van der Waals surface area contributed by atoms with Crippen LogP contribution in [0.15, 0.2) is 60.9 Å². The third kappa shape index (κ3) is 3.78. The maximum atomic E-state index is 13.2. The van der Waals surface area contributed by atoms with E-state index in [1.54, 1.807) is 54.5 Å². The van der Waals surface area contributed by atoms with E-state index in [-0.39, 0.29) is 11.7 Å². The van der Waals surface area contributed by atoms with Gasteiger partial charge >= 0.3 is 0 Å². The molecule has 0 saturated carbocycles. The van der Waals surface area contributed by atoms with E-state index in [0.29, 0.717) is 23.5 Å². The fourth-order valence-corrected chi connectivity index (χ4v) is 2.30. The summed E-state index contributed by atoms with van der Waals surface area (Å²) in [5, 5.41) is 6.95. The number of halogens is 1. The number of nitrogens with one attached hydrogen (secondary N) is 1. The van der Waals surface area contributed by atoms with E-state index >= 15 is 0 Å². The Morgan fingerprint density at radius 2 is 2.08 bits per heavy atom. The topological polar surface area (TPSA) is 56.1 Å². The molecule has 0 radical (unpaired) electrons. The van der Waals surface area contributed by atoms with Crippen molar-refractivity contribution in [1.82, 2.24) is 9.78 Å². The lowest BCUT2D eigenvalue weighted by Gasteiger charge is -2.05.